The molecule has 0 fully saturated rings. The third-order valence-corrected chi connectivity index (χ3v) is 2.81. The molecule has 0 saturated heterocycles. The molecule has 1 aromatic rings. The van der Waals surface area contributed by atoms with Crippen LogP contribution in [0, 0.1) is 0 Å². The predicted molar refractivity (Wildman–Crippen MR) is 66.3 cm³/mol. The molecule has 0 saturated carbocycles. The van der Waals surface area contributed by atoms with Crippen molar-refractivity contribution in [3.8, 4) is 0 Å². The lowest BCUT2D eigenvalue weighted by molar-refractivity contribution is 0.0953. The summed E-state index contributed by atoms with van der Waals surface area (Å²) in [7, 11) is 0. The number of hydrogen-bond donors (Lipinski definition) is 0. The van der Waals surface area contributed by atoms with E-state index in [1.807, 2.05) is 18.2 Å². The van der Waals surface area contributed by atoms with Crippen LogP contribution in [0.1, 0.15) is 12.0 Å². The van der Waals surface area contributed by atoms with Crippen molar-refractivity contribution in [1.29, 1.82) is 0 Å². The van der Waals surface area contributed by atoms with Crippen molar-refractivity contribution in [2.75, 3.05) is 26.2 Å². The average molecular weight is 217 g/mol. The van der Waals surface area contributed by atoms with Gasteiger partial charge in [-0.05, 0) is 12.0 Å². The molecule has 0 spiro atoms. The van der Waals surface area contributed by atoms with E-state index < -0.39 is 0 Å². The van der Waals surface area contributed by atoms with Gasteiger partial charge in [-0.15, -0.1) is 0 Å². The second-order valence-electron chi connectivity index (χ2n) is 4.10. The fourth-order valence-electron chi connectivity index (χ4n) is 1.85. The van der Waals surface area contributed by atoms with E-state index in [-0.39, 0.29) is 0 Å². The summed E-state index contributed by atoms with van der Waals surface area (Å²) in [6.07, 6.45) is 5.67. The van der Waals surface area contributed by atoms with Crippen LogP contribution in [0.4, 0.5) is 0 Å². The fraction of sp³-hybridized carbons (Fsp3) is 0.429. The van der Waals surface area contributed by atoms with E-state index in [0.717, 1.165) is 26.3 Å². The highest BCUT2D eigenvalue weighted by Gasteiger charge is 2.04. The molecule has 0 atom stereocenters. The summed E-state index contributed by atoms with van der Waals surface area (Å²) in [6.45, 7) is 4.84. The summed E-state index contributed by atoms with van der Waals surface area (Å²) in [5.41, 5.74) is 1.25. The molecule has 1 aliphatic rings. The first-order valence-corrected chi connectivity index (χ1v) is 5.94. The Kier molecular flexibility index (Phi) is 4.59. The molecular formula is C14H19NO. The molecule has 16 heavy (non-hydrogen) atoms. The zero-order valence-corrected chi connectivity index (χ0v) is 9.64. The Morgan fingerprint density at radius 1 is 1.12 bits per heavy atom. The standard InChI is InChI=1S/C14H19NO/c1-3-7-14(8-4-1)13-16-12-11-15-9-5-2-6-10-15/h1-5,7-8H,6,9-13H2. The predicted octanol–water partition coefficient (Wildman–Crippen LogP) is 2.47. The third kappa shape index (κ3) is 3.80. The maximum absolute atomic E-state index is 5.66. The minimum atomic E-state index is 0.727. The lowest BCUT2D eigenvalue weighted by Gasteiger charge is -2.22. The highest BCUT2D eigenvalue weighted by atomic mass is 16.5. The van der Waals surface area contributed by atoms with Crippen LogP contribution in [0.2, 0.25) is 0 Å². The Morgan fingerprint density at radius 2 is 2.00 bits per heavy atom. The van der Waals surface area contributed by atoms with Gasteiger partial charge in [0.2, 0.25) is 0 Å². The van der Waals surface area contributed by atoms with E-state index in [9.17, 15) is 0 Å². The molecule has 2 rings (SSSR count). The zero-order valence-electron chi connectivity index (χ0n) is 9.64. The summed E-state index contributed by atoms with van der Waals surface area (Å²) in [5.74, 6) is 0. The van der Waals surface area contributed by atoms with E-state index in [0.29, 0.717) is 0 Å². The Morgan fingerprint density at radius 3 is 2.75 bits per heavy atom. The Labute approximate surface area is 97.5 Å². The van der Waals surface area contributed by atoms with Crippen LogP contribution in [0.5, 0.6) is 0 Å². The molecule has 2 heteroatoms. The Balaban J connectivity index is 1.60. The van der Waals surface area contributed by atoms with Crippen molar-refractivity contribution < 1.29 is 4.74 Å². The quantitative estimate of drug-likeness (QED) is 0.555. The first-order valence-electron chi connectivity index (χ1n) is 5.94. The lowest BCUT2D eigenvalue weighted by atomic mass is 10.2. The van der Waals surface area contributed by atoms with Crippen molar-refractivity contribution >= 4 is 0 Å². The van der Waals surface area contributed by atoms with Gasteiger partial charge in [0.25, 0.3) is 0 Å². The molecule has 2 nitrogen and oxygen atoms in total. The second kappa shape index (κ2) is 6.46. The minimum absolute atomic E-state index is 0.727. The third-order valence-electron chi connectivity index (χ3n) is 2.81. The van der Waals surface area contributed by atoms with Gasteiger partial charge in [0.15, 0.2) is 0 Å². The fourth-order valence-corrected chi connectivity index (χ4v) is 1.85. The van der Waals surface area contributed by atoms with Crippen LogP contribution in [-0.2, 0) is 11.3 Å². The van der Waals surface area contributed by atoms with Gasteiger partial charge >= 0.3 is 0 Å². The Hall–Kier alpha value is -1.12. The average Bonchev–Trinajstić information content (AvgIpc) is 2.37. The van der Waals surface area contributed by atoms with Crippen LogP contribution < -0.4 is 0 Å². The van der Waals surface area contributed by atoms with Crippen molar-refractivity contribution in [3.05, 3.63) is 48.0 Å². The smallest absolute Gasteiger partial charge is 0.0717 e. The van der Waals surface area contributed by atoms with Crippen LogP contribution in [-0.4, -0.2) is 31.1 Å². The van der Waals surface area contributed by atoms with Gasteiger partial charge in [0.1, 0.15) is 0 Å². The number of nitrogens with zero attached hydrogens (tertiary/aromatic N) is 1. The molecule has 1 heterocycles. The summed E-state index contributed by atoms with van der Waals surface area (Å²) in [4.78, 5) is 2.42. The van der Waals surface area contributed by atoms with Crippen LogP contribution in [0.25, 0.3) is 0 Å². The molecule has 86 valence electrons. The van der Waals surface area contributed by atoms with E-state index in [1.54, 1.807) is 0 Å². The first kappa shape index (κ1) is 11.4. The van der Waals surface area contributed by atoms with Gasteiger partial charge in [0.05, 0.1) is 13.2 Å². The zero-order chi connectivity index (χ0) is 11.1. The van der Waals surface area contributed by atoms with Gasteiger partial charge in [-0.2, -0.15) is 0 Å². The summed E-state index contributed by atoms with van der Waals surface area (Å²) in [6, 6.07) is 10.3. The minimum Gasteiger partial charge on any atom is -0.375 e. The van der Waals surface area contributed by atoms with Gasteiger partial charge < -0.3 is 4.74 Å². The lowest BCUT2D eigenvalue weighted by Crippen LogP contribution is -2.30. The molecule has 0 aromatic heterocycles. The number of rotatable bonds is 5. The molecular weight excluding hydrogens is 198 g/mol. The van der Waals surface area contributed by atoms with Gasteiger partial charge in [-0.1, -0.05) is 42.5 Å². The number of ether oxygens (including phenoxy) is 1. The molecule has 0 aliphatic carbocycles. The van der Waals surface area contributed by atoms with Gasteiger partial charge in [0, 0.05) is 19.6 Å². The van der Waals surface area contributed by atoms with Crippen LogP contribution in [0.3, 0.4) is 0 Å². The highest BCUT2D eigenvalue weighted by Crippen LogP contribution is 2.02. The van der Waals surface area contributed by atoms with Crippen molar-refractivity contribution in [1.82, 2.24) is 4.90 Å². The normalized spacial score (nSPS) is 16.5. The second-order valence-corrected chi connectivity index (χ2v) is 4.10. The largest absolute Gasteiger partial charge is 0.375 e. The summed E-state index contributed by atoms with van der Waals surface area (Å²) in [5, 5.41) is 0. The van der Waals surface area contributed by atoms with Crippen LogP contribution >= 0.6 is 0 Å². The van der Waals surface area contributed by atoms with E-state index >= 15 is 0 Å². The van der Waals surface area contributed by atoms with Crippen LogP contribution in [0.15, 0.2) is 42.5 Å². The maximum atomic E-state index is 5.66. The molecule has 0 amide bonds. The first-order chi connectivity index (χ1) is 7.95. The molecule has 1 aromatic carbocycles. The van der Waals surface area contributed by atoms with E-state index in [2.05, 4.69) is 29.2 Å². The van der Waals surface area contributed by atoms with Gasteiger partial charge in [-0.25, -0.2) is 0 Å². The number of hydrogen-bond acceptors (Lipinski definition) is 2. The summed E-state index contributed by atoms with van der Waals surface area (Å²) < 4.78 is 5.66. The van der Waals surface area contributed by atoms with Crippen molar-refractivity contribution in [2.24, 2.45) is 0 Å². The number of benzene rings is 1. The molecule has 0 radical (unpaired) electrons. The van der Waals surface area contributed by atoms with Gasteiger partial charge in [-0.3, -0.25) is 4.90 Å². The SMILES string of the molecule is C1=CCN(CCOCc2ccccc2)CC1. The van der Waals surface area contributed by atoms with Crippen molar-refractivity contribution in [3.63, 3.8) is 0 Å². The molecule has 0 unspecified atom stereocenters. The molecule has 0 N–H and O–H groups in total. The maximum Gasteiger partial charge on any atom is 0.0717 e. The monoisotopic (exact) mass is 217 g/mol. The Bertz CT molecular complexity index is 321. The molecule has 1 aliphatic heterocycles. The highest BCUT2D eigenvalue weighted by molar-refractivity contribution is 5.13. The topological polar surface area (TPSA) is 12.5 Å². The molecule has 0 bridgehead atoms. The summed E-state index contributed by atoms with van der Waals surface area (Å²) >= 11 is 0. The van der Waals surface area contributed by atoms with E-state index in [4.69, 9.17) is 4.74 Å². The van der Waals surface area contributed by atoms with E-state index in [1.165, 1.54) is 18.5 Å². The van der Waals surface area contributed by atoms with Crippen molar-refractivity contribution in [2.45, 2.75) is 13.0 Å².